The average Bonchev–Trinajstić information content (AvgIpc) is 3.27. The number of fused-ring (bicyclic) bond motifs is 1. The molecule has 0 spiro atoms. The van der Waals surface area contributed by atoms with E-state index in [1.807, 2.05) is 65.6 Å². The summed E-state index contributed by atoms with van der Waals surface area (Å²) < 4.78 is 6.05. The predicted molar refractivity (Wildman–Crippen MR) is 120 cm³/mol. The zero-order valence-corrected chi connectivity index (χ0v) is 17.8. The highest BCUT2D eigenvalue weighted by molar-refractivity contribution is 6.30. The molecule has 0 unspecified atom stereocenters. The Kier molecular flexibility index (Phi) is 5.43. The molecular weight excluding hydrogens is 410 g/mol. The van der Waals surface area contributed by atoms with Gasteiger partial charge >= 0.3 is 0 Å². The molecule has 156 valence electrons. The zero-order chi connectivity index (χ0) is 21.2. The van der Waals surface area contributed by atoms with Crippen LogP contribution >= 0.6 is 11.6 Å². The second-order valence-corrected chi connectivity index (χ2v) is 8.39. The van der Waals surface area contributed by atoms with E-state index in [2.05, 4.69) is 9.97 Å². The molecule has 1 saturated heterocycles. The summed E-state index contributed by atoms with van der Waals surface area (Å²) >= 11 is 6.08. The van der Waals surface area contributed by atoms with Crippen molar-refractivity contribution in [2.75, 3.05) is 13.1 Å². The molecule has 3 heterocycles. The summed E-state index contributed by atoms with van der Waals surface area (Å²) in [7, 11) is 0. The van der Waals surface area contributed by atoms with Crippen LogP contribution in [0.4, 0.5) is 0 Å². The number of hydrogen-bond acceptors (Lipinski definition) is 4. The number of para-hydroxylation sites is 1. The van der Waals surface area contributed by atoms with Gasteiger partial charge < -0.3 is 9.32 Å². The summed E-state index contributed by atoms with van der Waals surface area (Å²) in [5, 5.41) is 1.74. The Bertz CT molecular complexity index is 1240. The number of hydrogen-bond donors (Lipinski definition) is 0. The predicted octanol–water partition coefficient (Wildman–Crippen LogP) is 5.49. The highest BCUT2D eigenvalue weighted by Crippen LogP contribution is 2.28. The van der Waals surface area contributed by atoms with Crippen molar-refractivity contribution in [1.29, 1.82) is 0 Å². The maximum Gasteiger partial charge on any atom is 0.272 e. The van der Waals surface area contributed by atoms with Gasteiger partial charge in [0, 0.05) is 29.9 Å². The number of piperidine rings is 1. The van der Waals surface area contributed by atoms with Crippen LogP contribution < -0.4 is 0 Å². The fraction of sp³-hybridized carbons (Fsp3) is 0.240. The Morgan fingerprint density at radius 2 is 2.03 bits per heavy atom. The van der Waals surface area contributed by atoms with E-state index < -0.39 is 0 Å². The molecule has 1 amide bonds. The fourth-order valence-corrected chi connectivity index (χ4v) is 4.36. The van der Waals surface area contributed by atoms with Crippen molar-refractivity contribution < 1.29 is 9.21 Å². The molecule has 31 heavy (non-hydrogen) atoms. The number of benzene rings is 2. The van der Waals surface area contributed by atoms with Crippen LogP contribution in [0.5, 0.6) is 0 Å². The Hall–Kier alpha value is -3.18. The molecule has 5 nitrogen and oxygen atoms in total. The SMILES string of the molecule is O=C(c1ccc2ccccc2n1)N1CCC[C@@H](c2ncc(Cc3cccc(Cl)c3)o2)C1. The molecule has 2 aromatic heterocycles. The maximum atomic E-state index is 13.1. The third-order valence-electron chi connectivity index (χ3n) is 5.71. The van der Waals surface area contributed by atoms with Crippen LogP contribution in [0.1, 0.15) is 46.5 Å². The third kappa shape index (κ3) is 4.32. The van der Waals surface area contributed by atoms with Gasteiger partial charge in [0.05, 0.1) is 17.6 Å². The lowest BCUT2D eigenvalue weighted by molar-refractivity contribution is 0.0692. The third-order valence-corrected chi connectivity index (χ3v) is 5.95. The first-order chi connectivity index (χ1) is 15.2. The van der Waals surface area contributed by atoms with Crippen molar-refractivity contribution in [2.24, 2.45) is 0 Å². The number of carbonyl (C=O) groups is 1. The molecule has 1 atom stereocenters. The second kappa shape index (κ2) is 8.52. The van der Waals surface area contributed by atoms with Crippen LogP contribution in [0, 0.1) is 0 Å². The fourth-order valence-electron chi connectivity index (χ4n) is 4.15. The maximum absolute atomic E-state index is 13.1. The zero-order valence-electron chi connectivity index (χ0n) is 17.0. The first kappa shape index (κ1) is 19.8. The number of pyridine rings is 1. The molecule has 1 fully saturated rings. The van der Waals surface area contributed by atoms with E-state index in [0.29, 0.717) is 29.6 Å². The van der Waals surface area contributed by atoms with Gasteiger partial charge in [-0.3, -0.25) is 4.79 Å². The number of oxazole rings is 1. The van der Waals surface area contributed by atoms with Gasteiger partial charge in [-0.05, 0) is 42.7 Å². The number of likely N-dealkylation sites (tertiary alicyclic amines) is 1. The Morgan fingerprint density at radius 1 is 1.13 bits per heavy atom. The second-order valence-electron chi connectivity index (χ2n) is 7.95. The van der Waals surface area contributed by atoms with Gasteiger partial charge in [-0.25, -0.2) is 9.97 Å². The Balaban J connectivity index is 1.29. The molecule has 4 aromatic rings. The number of carbonyl (C=O) groups excluding carboxylic acids is 1. The monoisotopic (exact) mass is 431 g/mol. The minimum atomic E-state index is -0.0406. The van der Waals surface area contributed by atoms with E-state index >= 15 is 0 Å². The highest BCUT2D eigenvalue weighted by atomic mass is 35.5. The van der Waals surface area contributed by atoms with Gasteiger partial charge in [0.15, 0.2) is 5.89 Å². The summed E-state index contributed by atoms with van der Waals surface area (Å²) in [5.41, 5.74) is 2.40. The number of amides is 1. The minimum absolute atomic E-state index is 0.0406. The first-order valence-corrected chi connectivity index (χ1v) is 10.9. The molecule has 0 N–H and O–H groups in total. The van der Waals surface area contributed by atoms with E-state index in [9.17, 15) is 4.79 Å². The van der Waals surface area contributed by atoms with E-state index in [-0.39, 0.29) is 11.8 Å². The largest absolute Gasteiger partial charge is 0.445 e. The summed E-state index contributed by atoms with van der Waals surface area (Å²) in [6.45, 7) is 1.31. The van der Waals surface area contributed by atoms with Crippen LogP contribution in [0.25, 0.3) is 10.9 Å². The normalized spacial score (nSPS) is 16.5. The molecule has 0 radical (unpaired) electrons. The standard InChI is InChI=1S/C25H22ClN3O2/c26-20-8-3-5-17(13-20)14-21-15-27-24(31-21)19-7-4-12-29(16-19)25(30)23-11-10-18-6-1-2-9-22(18)28-23/h1-3,5-6,8-11,13,15,19H,4,7,12,14,16H2/t19-/m1/s1. The minimum Gasteiger partial charge on any atom is -0.445 e. The van der Waals surface area contributed by atoms with Crippen LogP contribution in [0.15, 0.2) is 71.3 Å². The first-order valence-electron chi connectivity index (χ1n) is 10.5. The molecule has 6 heteroatoms. The average molecular weight is 432 g/mol. The van der Waals surface area contributed by atoms with Gasteiger partial charge in [0.2, 0.25) is 0 Å². The van der Waals surface area contributed by atoms with Crippen molar-refractivity contribution in [3.63, 3.8) is 0 Å². The number of nitrogens with zero attached hydrogens (tertiary/aromatic N) is 3. The molecule has 5 rings (SSSR count). The van der Waals surface area contributed by atoms with Gasteiger partial charge in [0.1, 0.15) is 11.5 Å². The van der Waals surface area contributed by atoms with Crippen molar-refractivity contribution in [2.45, 2.75) is 25.2 Å². The van der Waals surface area contributed by atoms with E-state index in [0.717, 1.165) is 41.6 Å². The van der Waals surface area contributed by atoms with Crippen molar-refractivity contribution in [1.82, 2.24) is 14.9 Å². The van der Waals surface area contributed by atoms with Gasteiger partial charge in [-0.15, -0.1) is 0 Å². The summed E-state index contributed by atoms with van der Waals surface area (Å²) in [6.07, 6.45) is 4.29. The van der Waals surface area contributed by atoms with Crippen molar-refractivity contribution in [3.05, 3.63) is 94.8 Å². The van der Waals surface area contributed by atoms with Crippen LogP contribution in [-0.2, 0) is 6.42 Å². The van der Waals surface area contributed by atoms with E-state index in [1.54, 1.807) is 6.20 Å². The summed E-state index contributed by atoms with van der Waals surface area (Å²) in [4.78, 5) is 24.0. The molecule has 0 bridgehead atoms. The lowest BCUT2D eigenvalue weighted by Gasteiger charge is -2.31. The Morgan fingerprint density at radius 3 is 2.94 bits per heavy atom. The van der Waals surface area contributed by atoms with Crippen LogP contribution in [0.2, 0.25) is 5.02 Å². The number of halogens is 1. The van der Waals surface area contributed by atoms with Crippen LogP contribution in [0.3, 0.4) is 0 Å². The molecule has 0 saturated carbocycles. The summed E-state index contributed by atoms with van der Waals surface area (Å²) in [6, 6.07) is 19.3. The lowest BCUT2D eigenvalue weighted by atomic mass is 9.97. The van der Waals surface area contributed by atoms with Gasteiger partial charge in [-0.2, -0.15) is 0 Å². The number of aromatic nitrogens is 2. The number of rotatable bonds is 4. The van der Waals surface area contributed by atoms with E-state index in [1.165, 1.54) is 0 Å². The highest BCUT2D eigenvalue weighted by Gasteiger charge is 2.29. The Labute approximate surface area is 185 Å². The van der Waals surface area contributed by atoms with E-state index in [4.69, 9.17) is 16.0 Å². The van der Waals surface area contributed by atoms with Gasteiger partial charge in [0.25, 0.3) is 5.91 Å². The van der Waals surface area contributed by atoms with Crippen molar-refractivity contribution >= 4 is 28.4 Å². The quantitative estimate of drug-likeness (QED) is 0.429. The molecule has 1 aliphatic rings. The molecule has 2 aromatic carbocycles. The molecular formula is C25H22ClN3O2. The van der Waals surface area contributed by atoms with Crippen molar-refractivity contribution in [3.8, 4) is 0 Å². The smallest absolute Gasteiger partial charge is 0.272 e. The van der Waals surface area contributed by atoms with Crippen LogP contribution in [-0.4, -0.2) is 33.9 Å². The molecule has 0 aliphatic carbocycles. The lowest BCUT2D eigenvalue weighted by Crippen LogP contribution is -2.39. The topological polar surface area (TPSA) is 59.2 Å². The summed E-state index contributed by atoms with van der Waals surface area (Å²) in [5.74, 6) is 1.55. The molecule has 1 aliphatic heterocycles. The van der Waals surface area contributed by atoms with Gasteiger partial charge in [-0.1, -0.05) is 48.0 Å².